The maximum Gasteiger partial charge on any atom is 0.415 e. The molecule has 0 spiro atoms. The van der Waals surface area contributed by atoms with E-state index in [-0.39, 0.29) is 12.3 Å². The van der Waals surface area contributed by atoms with E-state index in [1.54, 1.807) is 49.6 Å². The van der Waals surface area contributed by atoms with Crippen LogP contribution in [0, 0.1) is 0 Å². The third-order valence-corrected chi connectivity index (χ3v) is 3.30. The Morgan fingerprint density at radius 2 is 1.83 bits per heavy atom. The van der Waals surface area contributed by atoms with Crippen molar-refractivity contribution in [3.8, 4) is 11.5 Å². The number of anilines is 1. The van der Waals surface area contributed by atoms with Crippen LogP contribution in [0.15, 0.2) is 48.5 Å². The molecule has 128 valence electrons. The molecule has 0 bridgehead atoms. The topological polar surface area (TPSA) is 59.0 Å². The zero-order chi connectivity index (χ0) is 17.7. The number of amides is 1. The molecule has 0 aromatic heterocycles. The van der Waals surface area contributed by atoms with E-state index in [2.05, 4.69) is 0 Å². The van der Waals surface area contributed by atoms with Crippen molar-refractivity contribution in [1.82, 2.24) is 0 Å². The van der Waals surface area contributed by atoms with Gasteiger partial charge >= 0.3 is 6.09 Å². The van der Waals surface area contributed by atoms with E-state index in [9.17, 15) is 9.90 Å². The van der Waals surface area contributed by atoms with Crippen LogP contribution in [0.4, 0.5) is 10.5 Å². The van der Waals surface area contributed by atoms with E-state index in [0.29, 0.717) is 17.0 Å². The van der Waals surface area contributed by atoms with Crippen LogP contribution in [0.1, 0.15) is 26.3 Å². The molecule has 1 amide bonds. The Morgan fingerprint density at radius 1 is 1.12 bits per heavy atom. The van der Waals surface area contributed by atoms with E-state index in [4.69, 9.17) is 9.47 Å². The lowest BCUT2D eigenvalue weighted by Crippen LogP contribution is -2.36. The van der Waals surface area contributed by atoms with Crippen molar-refractivity contribution < 1.29 is 19.4 Å². The molecule has 0 fully saturated rings. The number of phenolic OH excluding ortho intramolecular Hbond substituents is 1. The lowest BCUT2D eigenvalue weighted by atomic mass is 10.1. The highest BCUT2D eigenvalue weighted by atomic mass is 16.6. The molecule has 0 aliphatic rings. The normalized spacial score (nSPS) is 11.0. The van der Waals surface area contributed by atoms with Crippen LogP contribution in [-0.2, 0) is 11.3 Å². The number of hydrogen-bond donors (Lipinski definition) is 1. The summed E-state index contributed by atoms with van der Waals surface area (Å²) in [5, 5.41) is 10.0. The molecule has 0 saturated heterocycles. The first-order valence-corrected chi connectivity index (χ1v) is 7.71. The third kappa shape index (κ3) is 4.65. The van der Waals surface area contributed by atoms with Gasteiger partial charge in [-0.3, -0.25) is 4.90 Å². The summed E-state index contributed by atoms with van der Waals surface area (Å²) >= 11 is 0. The summed E-state index contributed by atoms with van der Waals surface area (Å²) in [5.74, 6) is 0.771. The molecule has 5 nitrogen and oxygen atoms in total. The second kappa shape index (κ2) is 7.25. The van der Waals surface area contributed by atoms with Crippen molar-refractivity contribution >= 4 is 11.8 Å². The van der Waals surface area contributed by atoms with Gasteiger partial charge in [-0.15, -0.1) is 0 Å². The van der Waals surface area contributed by atoms with Crippen molar-refractivity contribution in [3.05, 3.63) is 54.1 Å². The van der Waals surface area contributed by atoms with E-state index < -0.39 is 11.7 Å². The number of rotatable bonds is 4. The molecule has 0 atom stereocenters. The molecule has 2 rings (SSSR count). The lowest BCUT2D eigenvalue weighted by Gasteiger charge is -2.28. The van der Waals surface area contributed by atoms with Crippen LogP contribution < -0.4 is 9.64 Å². The Labute approximate surface area is 142 Å². The number of nitrogens with zero attached hydrogens (tertiary/aromatic N) is 1. The van der Waals surface area contributed by atoms with Gasteiger partial charge in [0.2, 0.25) is 0 Å². The number of carbonyl (C=O) groups excluding carboxylic acids is 1. The quantitative estimate of drug-likeness (QED) is 0.906. The predicted molar refractivity (Wildman–Crippen MR) is 93.5 cm³/mol. The number of ether oxygens (including phenoxy) is 2. The predicted octanol–water partition coefficient (Wildman–Crippen LogP) is 4.34. The van der Waals surface area contributed by atoms with Crippen molar-refractivity contribution in [3.63, 3.8) is 0 Å². The SMILES string of the molecule is COc1cccc(N(Cc2ccccc2O)C(=O)OC(C)(C)C)c1. The zero-order valence-corrected chi connectivity index (χ0v) is 14.4. The Kier molecular flexibility index (Phi) is 5.34. The highest BCUT2D eigenvalue weighted by molar-refractivity contribution is 5.88. The van der Waals surface area contributed by atoms with Gasteiger partial charge in [-0.2, -0.15) is 0 Å². The van der Waals surface area contributed by atoms with Gasteiger partial charge in [0.1, 0.15) is 17.1 Å². The molecule has 0 saturated carbocycles. The highest BCUT2D eigenvalue weighted by Gasteiger charge is 2.24. The number of benzene rings is 2. The average Bonchev–Trinajstić information content (AvgIpc) is 2.52. The van der Waals surface area contributed by atoms with Crippen LogP contribution in [0.2, 0.25) is 0 Å². The number of para-hydroxylation sites is 1. The molecule has 2 aromatic rings. The van der Waals surface area contributed by atoms with Crippen molar-refractivity contribution in [2.45, 2.75) is 32.9 Å². The minimum atomic E-state index is -0.618. The van der Waals surface area contributed by atoms with Crippen molar-refractivity contribution in [2.24, 2.45) is 0 Å². The summed E-state index contributed by atoms with van der Waals surface area (Å²) in [6.07, 6.45) is -0.487. The molecule has 2 aromatic carbocycles. The monoisotopic (exact) mass is 329 g/mol. The summed E-state index contributed by atoms with van der Waals surface area (Å²) in [6, 6.07) is 14.1. The van der Waals surface area contributed by atoms with Crippen molar-refractivity contribution in [1.29, 1.82) is 0 Å². The van der Waals surface area contributed by atoms with Crippen LogP contribution in [0.5, 0.6) is 11.5 Å². The molecular formula is C19H23NO4. The zero-order valence-electron chi connectivity index (χ0n) is 14.4. The fourth-order valence-corrected chi connectivity index (χ4v) is 2.17. The van der Waals surface area contributed by atoms with Gasteiger partial charge in [-0.05, 0) is 39.0 Å². The van der Waals surface area contributed by atoms with Crippen LogP contribution in [0.25, 0.3) is 0 Å². The van der Waals surface area contributed by atoms with Gasteiger partial charge in [0.05, 0.1) is 19.3 Å². The van der Waals surface area contributed by atoms with Gasteiger partial charge in [0.15, 0.2) is 0 Å². The first kappa shape index (κ1) is 17.7. The molecule has 24 heavy (non-hydrogen) atoms. The number of aromatic hydroxyl groups is 1. The largest absolute Gasteiger partial charge is 0.508 e. The summed E-state index contributed by atoms with van der Waals surface area (Å²) in [5.41, 5.74) is 0.644. The van der Waals surface area contributed by atoms with Crippen molar-refractivity contribution in [2.75, 3.05) is 12.0 Å². The fourth-order valence-electron chi connectivity index (χ4n) is 2.17. The minimum Gasteiger partial charge on any atom is -0.508 e. The molecule has 0 heterocycles. The number of carbonyl (C=O) groups is 1. The Hall–Kier alpha value is -2.69. The maximum atomic E-state index is 12.7. The average molecular weight is 329 g/mol. The van der Waals surface area contributed by atoms with Crippen LogP contribution in [-0.4, -0.2) is 23.9 Å². The van der Waals surface area contributed by atoms with E-state index >= 15 is 0 Å². The molecule has 1 N–H and O–H groups in total. The molecule has 0 radical (unpaired) electrons. The summed E-state index contributed by atoms with van der Waals surface area (Å²) < 4.78 is 10.7. The number of methoxy groups -OCH3 is 1. The van der Waals surface area contributed by atoms with Crippen LogP contribution in [0.3, 0.4) is 0 Å². The third-order valence-electron chi connectivity index (χ3n) is 3.30. The molecular weight excluding hydrogens is 306 g/mol. The number of hydrogen-bond acceptors (Lipinski definition) is 4. The Bertz CT molecular complexity index is 707. The first-order chi connectivity index (χ1) is 11.3. The lowest BCUT2D eigenvalue weighted by molar-refractivity contribution is 0.0577. The summed E-state index contributed by atoms with van der Waals surface area (Å²) in [4.78, 5) is 14.1. The Balaban J connectivity index is 2.37. The fraction of sp³-hybridized carbons (Fsp3) is 0.316. The summed E-state index contributed by atoms with van der Waals surface area (Å²) in [7, 11) is 1.57. The van der Waals surface area contributed by atoms with E-state index in [0.717, 1.165) is 0 Å². The van der Waals surface area contributed by atoms with E-state index in [1.807, 2.05) is 26.8 Å². The standard InChI is InChI=1S/C19H23NO4/c1-19(2,3)24-18(22)20(13-14-8-5-6-11-17(14)21)15-9-7-10-16(12-15)23-4/h5-12,21H,13H2,1-4H3. The van der Waals surface area contributed by atoms with E-state index in [1.165, 1.54) is 4.90 Å². The smallest absolute Gasteiger partial charge is 0.415 e. The molecule has 5 heteroatoms. The molecule has 0 aliphatic heterocycles. The number of phenols is 1. The molecule has 0 unspecified atom stereocenters. The summed E-state index contributed by atoms with van der Waals surface area (Å²) in [6.45, 7) is 5.63. The van der Waals surface area contributed by atoms with Gasteiger partial charge in [-0.1, -0.05) is 24.3 Å². The van der Waals surface area contributed by atoms with Gasteiger partial charge in [-0.25, -0.2) is 4.79 Å². The second-order valence-corrected chi connectivity index (χ2v) is 6.40. The minimum absolute atomic E-state index is 0.133. The Morgan fingerprint density at radius 3 is 2.46 bits per heavy atom. The highest BCUT2D eigenvalue weighted by Crippen LogP contribution is 2.27. The second-order valence-electron chi connectivity index (χ2n) is 6.40. The van der Waals surface area contributed by atoms with Gasteiger partial charge in [0.25, 0.3) is 0 Å². The van der Waals surface area contributed by atoms with Gasteiger partial charge < -0.3 is 14.6 Å². The molecule has 0 aliphatic carbocycles. The maximum absolute atomic E-state index is 12.7. The first-order valence-electron chi connectivity index (χ1n) is 7.71. The van der Waals surface area contributed by atoms with Crippen LogP contribution >= 0.6 is 0 Å². The van der Waals surface area contributed by atoms with Gasteiger partial charge in [0, 0.05) is 11.6 Å².